The highest BCUT2D eigenvalue weighted by atomic mass is 32.1. The Morgan fingerprint density at radius 2 is 2.00 bits per heavy atom. The van der Waals surface area contributed by atoms with E-state index in [4.69, 9.17) is 4.74 Å². The monoisotopic (exact) mass is 348 g/mol. The molecule has 0 aliphatic heterocycles. The lowest BCUT2D eigenvalue weighted by atomic mass is 9.98. The Labute approximate surface area is 144 Å². The van der Waals surface area contributed by atoms with E-state index in [1.165, 1.54) is 24.6 Å². The number of nitrogens with zero attached hydrogens (tertiary/aromatic N) is 2. The van der Waals surface area contributed by atoms with Crippen LogP contribution in [0.3, 0.4) is 0 Å². The largest absolute Gasteiger partial charge is 0.481 e. The summed E-state index contributed by atoms with van der Waals surface area (Å²) in [6.45, 7) is 6.43. The molecule has 2 heterocycles. The number of hydrogen-bond acceptors (Lipinski definition) is 6. The summed E-state index contributed by atoms with van der Waals surface area (Å²) >= 11 is 1.54. The molecule has 2 aromatic heterocycles. The van der Waals surface area contributed by atoms with Crippen LogP contribution in [0, 0.1) is 0 Å². The molecule has 0 aliphatic carbocycles. The maximum absolute atomic E-state index is 11.9. The normalized spacial score (nSPS) is 11.0. The third kappa shape index (κ3) is 4.76. The van der Waals surface area contributed by atoms with Gasteiger partial charge in [-0.25, -0.2) is 9.97 Å². The first-order valence-corrected chi connectivity index (χ1v) is 8.21. The molecule has 2 aromatic rings. The van der Waals surface area contributed by atoms with E-state index in [-0.39, 0.29) is 12.0 Å². The fourth-order valence-corrected chi connectivity index (χ4v) is 2.65. The number of rotatable bonds is 4. The average molecular weight is 348 g/mol. The summed E-state index contributed by atoms with van der Waals surface area (Å²) < 4.78 is 4.93. The summed E-state index contributed by atoms with van der Waals surface area (Å²) in [5, 5.41) is 7.89. The Hall–Kier alpha value is -2.48. The second-order valence-corrected chi connectivity index (χ2v) is 6.98. The predicted molar refractivity (Wildman–Crippen MR) is 92.1 cm³/mol. The molecule has 0 aliphatic rings. The van der Waals surface area contributed by atoms with Gasteiger partial charge in [0.25, 0.3) is 0 Å². The van der Waals surface area contributed by atoms with E-state index in [2.05, 4.69) is 41.4 Å². The molecule has 0 fully saturated rings. The minimum atomic E-state index is -0.756. The maximum atomic E-state index is 11.9. The standard InChI is InChI=1S/C16H20N4O3S/c1-16(2,3)15-20-11(9-24-15)8-18-13(21)14(22)19-10-5-6-12(23-4)17-7-10/h5-7,9H,8H2,1-4H3,(H,18,21)(H,19,22). The number of thiazole rings is 1. The van der Waals surface area contributed by atoms with Crippen LogP contribution in [0.5, 0.6) is 5.88 Å². The third-order valence-electron chi connectivity index (χ3n) is 3.03. The van der Waals surface area contributed by atoms with Crippen LogP contribution >= 0.6 is 11.3 Å². The van der Waals surface area contributed by atoms with Gasteiger partial charge in [0.2, 0.25) is 5.88 Å². The molecule has 0 unspecified atom stereocenters. The molecule has 0 atom stereocenters. The van der Waals surface area contributed by atoms with Crippen LogP contribution in [-0.4, -0.2) is 28.9 Å². The molecule has 0 radical (unpaired) electrons. The zero-order chi connectivity index (χ0) is 17.7. The highest BCUT2D eigenvalue weighted by molar-refractivity contribution is 7.09. The Bertz CT molecular complexity index is 720. The van der Waals surface area contributed by atoms with E-state index in [1.807, 2.05) is 5.38 Å². The molecular weight excluding hydrogens is 328 g/mol. The van der Waals surface area contributed by atoms with E-state index in [9.17, 15) is 9.59 Å². The van der Waals surface area contributed by atoms with Crippen LogP contribution in [0.1, 0.15) is 31.5 Å². The van der Waals surface area contributed by atoms with Crippen molar-refractivity contribution in [3.63, 3.8) is 0 Å². The summed E-state index contributed by atoms with van der Waals surface area (Å²) in [4.78, 5) is 32.1. The first-order valence-electron chi connectivity index (χ1n) is 7.33. The molecule has 0 bridgehead atoms. The minimum absolute atomic E-state index is 0.0360. The van der Waals surface area contributed by atoms with Crippen molar-refractivity contribution in [2.75, 3.05) is 12.4 Å². The lowest BCUT2D eigenvalue weighted by Gasteiger charge is -2.13. The average Bonchev–Trinajstić information content (AvgIpc) is 3.02. The van der Waals surface area contributed by atoms with Gasteiger partial charge in [0.1, 0.15) is 0 Å². The van der Waals surface area contributed by atoms with Crippen LogP contribution in [0.2, 0.25) is 0 Å². The first-order chi connectivity index (χ1) is 11.3. The van der Waals surface area contributed by atoms with Gasteiger partial charge in [0.05, 0.1) is 36.2 Å². The molecule has 2 amide bonds. The summed E-state index contributed by atoms with van der Waals surface area (Å²) in [5.74, 6) is -1.06. The first kappa shape index (κ1) is 17.9. The van der Waals surface area contributed by atoms with Crippen molar-refractivity contribution in [1.29, 1.82) is 0 Å². The van der Waals surface area contributed by atoms with Crippen molar-refractivity contribution in [3.8, 4) is 5.88 Å². The van der Waals surface area contributed by atoms with Crippen molar-refractivity contribution in [1.82, 2.24) is 15.3 Å². The lowest BCUT2D eigenvalue weighted by molar-refractivity contribution is -0.136. The zero-order valence-corrected chi connectivity index (χ0v) is 14.9. The van der Waals surface area contributed by atoms with Crippen molar-refractivity contribution >= 4 is 28.8 Å². The van der Waals surface area contributed by atoms with Crippen molar-refractivity contribution in [2.45, 2.75) is 32.7 Å². The number of ether oxygens (including phenoxy) is 1. The van der Waals surface area contributed by atoms with Gasteiger partial charge in [-0.3, -0.25) is 9.59 Å². The van der Waals surface area contributed by atoms with Gasteiger partial charge in [-0.05, 0) is 6.07 Å². The maximum Gasteiger partial charge on any atom is 0.313 e. The summed E-state index contributed by atoms with van der Waals surface area (Å²) in [7, 11) is 1.50. The molecule has 7 nitrogen and oxygen atoms in total. The van der Waals surface area contributed by atoms with E-state index in [0.717, 1.165) is 10.7 Å². The van der Waals surface area contributed by atoms with Crippen molar-refractivity contribution < 1.29 is 14.3 Å². The number of hydrogen-bond donors (Lipinski definition) is 2. The molecule has 128 valence electrons. The SMILES string of the molecule is COc1ccc(NC(=O)C(=O)NCc2csc(C(C)(C)C)n2)cn1. The van der Waals surface area contributed by atoms with E-state index in [1.54, 1.807) is 12.1 Å². The van der Waals surface area contributed by atoms with Gasteiger partial charge < -0.3 is 15.4 Å². The van der Waals surface area contributed by atoms with E-state index >= 15 is 0 Å². The molecule has 0 aromatic carbocycles. The van der Waals surface area contributed by atoms with Gasteiger partial charge in [-0.1, -0.05) is 20.8 Å². The van der Waals surface area contributed by atoms with E-state index < -0.39 is 11.8 Å². The summed E-state index contributed by atoms with van der Waals surface area (Å²) in [6.07, 6.45) is 1.42. The number of carbonyl (C=O) groups excluding carboxylic acids is 2. The number of anilines is 1. The number of pyridine rings is 1. The fourth-order valence-electron chi connectivity index (χ4n) is 1.75. The minimum Gasteiger partial charge on any atom is -0.481 e. The predicted octanol–water partition coefficient (Wildman–Crippen LogP) is 2.10. The molecule has 0 saturated heterocycles. The molecule has 2 rings (SSSR count). The fraction of sp³-hybridized carbons (Fsp3) is 0.375. The van der Waals surface area contributed by atoms with Crippen LogP contribution < -0.4 is 15.4 Å². The summed E-state index contributed by atoms with van der Waals surface area (Å²) in [6, 6.07) is 3.20. The summed E-state index contributed by atoms with van der Waals surface area (Å²) in [5.41, 5.74) is 1.11. The highest BCUT2D eigenvalue weighted by Crippen LogP contribution is 2.25. The Morgan fingerprint density at radius 1 is 1.25 bits per heavy atom. The van der Waals surface area contributed by atoms with Crippen LogP contribution in [0.15, 0.2) is 23.7 Å². The highest BCUT2D eigenvalue weighted by Gasteiger charge is 2.19. The number of methoxy groups -OCH3 is 1. The van der Waals surface area contributed by atoms with Crippen LogP contribution in [0.4, 0.5) is 5.69 Å². The molecule has 2 N–H and O–H groups in total. The second-order valence-electron chi connectivity index (χ2n) is 6.12. The quantitative estimate of drug-likeness (QED) is 0.826. The molecular formula is C16H20N4O3S. The molecule has 0 spiro atoms. The van der Waals surface area contributed by atoms with Crippen LogP contribution in [0.25, 0.3) is 0 Å². The Morgan fingerprint density at radius 3 is 2.54 bits per heavy atom. The van der Waals surface area contributed by atoms with E-state index in [0.29, 0.717) is 11.6 Å². The van der Waals surface area contributed by atoms with Gasteiger partial charge in [0, 0.05) is 16.9 Å². The molecule has 8 heteroatoms. The zero-order valence-electron chi connectivity index (χ0n) is 14.0. The second kappa shape index (κ2) is 7.39. The number of nitrogens with one attached hydrogen (secondary N) is 2. The van der Waals surface area contributed by atoms with Crippen molar-refractivity contribution in [3.05, 3.63) is 34.4 Å². The molecule has 0 saturated carbocycles. The Balaban J connectivity index is 1.87. The smallest absolute Gasteiger partial charge is 0.313 e. The van der Waals surface area contributed by atoms with Gasteiger partial charge in [-0.2, -0.15) is 0 Å². The third-order valence-corrected chi connectivity index (χ3v) is 4.35. The Kier molecular flexibility index (Phi) is 5.50. The van der Waals surface area contributed by atoms with Crippen molar-refractivity contribution in [2.24, 2.45) is 0 Å². The van der Waals surface area contributed by atoms with Gasteiger partial charge in [-0.15, -0.1) is 11.3 Å². The molecule has 24 heavy (non-hydrogen) atoms. The lowest BCUT2D eigenvalue weighted by Crippen LogP contribution is -2.35. The van der Waals surface area contributed by atoms with Gasteiger partial charge >= 0.3 is 11.8 Å². The topological polar surface area (TPSA) is 93.2 Å². The number of carbonyl (C=O) groups is 2. The number of aromatic nitrogens is 2. The van der Waals surface area contributed by atoms with Gasteiger partial charge in [0.15, 0.2) is 0 Å². The van der Waals surface area contributed by atoms with Crippen LogP contribution in [-0.2, 0) is 21.5 Å². The number of amides is 2.